The molecule has 0 aliphatic carbocycles. The molecular weight excluding hydrogens is 467 g/mol. The SMILES string of the molecule is Cc1ccc(C2Nc3cc(C)c(C)cc3-n3c(-c4ccccc4F)c4c(=O)n(C)c(=O)n(C)c4c32)cc1. The summed E-state index contributed by atoms with van der Waals surface area (Å²) in [5.41, 5.74) is 7.06. The molecule has 1 aliphatic rings. The second-order valence-corrected chi connectivity index (χ2v) is 9.92. The minimum Gasteiger partial charge on any atom is -0.371 e. The minimum atomic E-state index is -0.453. The maximum atomic E-state index is 15.4. The average Bonchev–Trinajstić information content (AvgIpc) is 3.24. The predicted octanol–water partition coefficient (Wildman–Crippen LogP) is 5.27. The molecule has 3 aromatic carbocycles. The second kappa shape index (κ2) is 8.06. The molecule has 0 spiro atoms. The van der Waals surface area contributed by atoms with Crippen LogP contribution in [0.1, 0.15) is 34.0 Å². The number of aromatic nitrogens is 3. The zero-order valence-electron chi connectivity index (χ0n) is 21.4. The predicted molar refractivity (Wildman–Crippen MR) is 145 cm³/mol. The third-order valence-electron chi connectivity index (χ3n) is 7.57. The van der Waals surface area contributed by atoms with E-state index in [0.29, 0.717) is 22.2 Å². The molecule has 5 aromatic rings. The highest BCUT2D eigenvalue weighted by atomic mass is 19.1. The Hall–Kier alpha value is -4.39. The van der Waals surface area contributed by atoms with Gasteiger partial charge in [0.05, 0.1) is 39.7 Å². The van der Waals surface area contributed by atoms with Crippen molar-refractivity contribution in [3.05, 3.63) is 115 Å². The molecule has 1 unspecified atom stereocenters. The van der Waals surface area contributed by atoms with Crippen LogP contribution in [0.4, 0.5) is 10.1 Å². The summed E-state index contributed by atoms with van der Waals surface area (Å²) in [6.07, 6.45) is 0. The molecule has 6 rings (SSSR count). The lowest BCUT2D eigenvalue weighted by molar-refractivity contribution is 0.630. The average molecular weight is 495 g/mol. The van der Waals surface area contributed by atoms with Crippen LogP contribution in [0.3, 0.4) is 0 Å². The maximum Gasteiger partial charge on any atom is 0.331 e. The second-order valence-electron chi connectivity index (χ2n) is 9.92. The van der Waals surface area contributed by atoms with E-state index < -0.39 is 17.1 Å². The Labute approximate surface area is 213 Å². The van der Waals surface area contributed by atoms with Crippen molar-refractivity contribution in [3.63, 3.8) is 0 Å². The summed E-state index contributed by atoms with van der Waals surface area (Å²) < 4.78 is 20.0. The maximum absolute atomic E-state index is 15.4. The Morgan fingerprint density at radius 2 is 1.54 bits per heavy atom. The van der Waals surface area contributed by atoms with Gasteiger partial charge < -0.3 is 9.88 Å². The summed E-state index contributed by atoms with van der Waals surface area (Å²) in [5.74, 6) is -0.434. The summed E-state index contributed by atoms with van der Waals surface area (Å²) in [6.45, 7) is 6.11. The summed E-state index contributed by atoms with van der Waals surface area (Å²) in [7, 11) is 3.13. The van der Waals surface area contributed by atoms with Crippen molar-refractivity contribution in [3.8, 4) is 16.9 Å². The van der Waals surface area contributed by atoms with E-state index in [2.05, 4.69) is 24.4 Å². The van der Waals surface area contributed by atoms with E-state index in [9.17, 15) is 9.59 Å². The van der Waals surface area contributed by atoms with Gasteiger partial charge in [-0.05, 0) is 61.7 Å². The number of aryl methyl sites for hydroxylation is 4. The van der Waals surface area contributed by atoms with E-state index in [1.165, 1.54) is 17.7 Å². The van der Waals surface area contributed by atoms with Gasteiger partial charge >= 0.3 is 5.69 Å². The van der Waals surface area contributed by atoms with Gasteiger partial charge in [0.2, 0.25) is 0 Å². The summed E-state index contributed by atoms with van der Waals surface area (Å²) in [6, 6.07) is 18.4. The van der Waals surface area contributed by atoms with Gasteiger partial charge in [0.15, 0.2) is 0 Å². The molecule has 3 heterocycles. The molecule has 186 valence electrons. The minimum absolute atomic E-state index is 0.309. The number of nitrogens with one attached hydrogen (secondary N) is 1. The van der Waals surface area contributed by atoms with Gasteiger partial charge in [0, 0.05) is 19.7 Å². The zero-order valence-corrected chi connectivity index (χ0v) is 21.4. The highest BCUT2D eigenvalue weighted by Crippen LogP contribution is 2.46. The van der Waals surface area contributed by atoms with E-state index in [4.69, 9.17) is 0 Å². The molecule has 1 aliphatic heterocycles. The van der Waals surface area contributed by atoms with Crippen LogP contribution in [-0.4, -0.2) is 13.7 Å². The quantitative estimate of drug-likeness (QED) is 0.364. The number of rotatable bonds is 2. The standard InChI is InChI=1S/C30H27FN4O2/c1-16-10-12-19(13-11-16)25-28-27-24(29(36)34(5)30(37)33(27)4)26(20-8-6-7-9-21(20)31)35(28)23-15-18(3)17(2)14-22(23)32-25/h6-15,25,32H,1-5H3. The number of nitrogens with zero attached hydrogens (tertiary/aromatic N) is 3. The van der Waals surface area contributed by atoms with Gasteiger partial charge in [0.25, 0.3) is 5.56 Å². The van der Waals surface area contributed by atoms with Crippen LogP contribution in [0, 0.1) is 26.6 Å². The first-order chi connectivity index (χ1) is 17.7. The first-order valence-electron chi connectivity index (χ1n) is 12.2. The molecule has 2 aromatic heterocycles. The van der Waals surface area contributed by atoms with E-state index in [-0.39, 0.29) is 6.04 Å². The van der Waals surface area contributed by atoms with Crippen molar-refractivity contribution < 1.29 is 4.39 Å². The van der Waals surface area contributed by atoms with E-state index in [1.54, 1.807) is 25.2 Å². The fourth-order valence-corrected chi connectivity index (χ4v) is 5.45. The van der Waals surface area contributed by atoms with Gasteiger partial charge in [-0.2, -0.15) is 0 Å². The van der Waals surface area contributed by atoms with Gasteiger partial charge in [0.1, 0.15) is 5.82 Å². The highest BCUT2D eigenvalue weighted by Gasteiger charge is 2.35. The Balaban J connectivity index is 1.89. The van der Waals surface area contributed by atoms with Crippen molar-refractivity contribution in [2.75, 3.05) is 5.32 Å². The number of halogens is 1. The number of fused-ring (bicyclic) bond motifs is 5. The monoisotopic (exact) mass is 494 g/mol. The van der Waals surface area contributed by atoms with Crippen LogP contribution in [0.25, 0.3) is 27.8 Å². The lowest BCUT2D eigenvalue weighted by Gasteiger charge is -2.32. The van der Waals surface area contributed by atoms with E-state index >= 15 is 4.39 Å². The van der Waals surface area contributed by atoms with Gasteiger partial charge in [-0.25, -0.2) is 9.18 Å². The summed E-state index contributed by atoms with van der Waals surface area (Å²) in [5, 5.41) is 3.99. The number of hydrogen-bond donors (Lipinski definition) is 1. The Morgan fingerprint density at radius 3 is 2.24 bits per heavy atom. The van der Waals surface area contributed by atoms with Crippen LogP contribution in [0.15, 0.2) is 70.3 Å². The van der Waals surface area contributed by atoms with Crippen LogP contribution in [0.5, 0.6) is 0 Å². The van der Waals surface area contributed by atoms with E-state index in [0.717, 1.165) is 43.9 Å². The lowest BCUT2D eigenvalue weighted by Crippen LogP contribution is -2.37. The zero-order chi connectivity index (χ0) is 26.2. The molecule has 7 heteroatoms. The van der Waals surface area contributed by atoms with Crippen LogP contribution in [0.2, 0.25) is 0 Å². The molecule has 0 amide bonds. The largest absolute Gasteiger partial charge is 0.371 e. The number of hydrogen-bond acceptors (Lipinski definition) is 3. The Bertz CT molecular complexity index is 1860. The molecule has 0 saturated heterocycles. The molecule has 1 atom stereocenters. The van der Waals surface area contributed by atoms with Crippen molar-refractivity contribution in [1.29, 1.82) is 0 Å². The first-order valence-corrected chi connectivity index (χ1v) is 12.2. The molecule has 0 fully saturated rings. The Kier molecular flexibility index (Phi) is 5.02. The van der Waals surface area contributed by atoms with Gasteiger partial charge in [-0.15, -0.1) is 0 Å². The van der Waals surface area contributed by atoms with Crippen molar-refractivity contribution in [2.24, 2.45) is 14.1 Å². The molecule has 1 N–H and O–H groups in total. The molecule has 0 saturated carbocycles. The topological polar surface area (TPSA) is 61.0 Å². The van der Waals surface area contributed by atoms with Crippen LogP contribution in [-0.2, 0) is 14.1 Å². The Morgan fingerprint density at radius 1 is 0.865 bits per heavy atom. The first kappa shape index (κ1) is 23.0. The van der Waals surface area contributed by atoms with Gasteiger partial charge in [-0.3, -0.25) is 13.9 Å². The summed E-state index contributed by atoms with van der Waals surface area (Å²) >= 11 is 0. The smallest absolute Gasteiger partial charge is 0.331 e. The van der Waals surface area contributed by atoms with Crippen molar-refractivity contribution in [2.45, 2.75) is 26.8 Å². The van der Waals surface area contributed by atoms with Crippen LogP contribution < -0.4 is 16.6 Å². The number of anilines is 1. The van der Waals surface area contributed by atoms with Crippen molar-refractivity contribution in [1.82, 2.24) is 13.7 Å². The molecular formula is C30H27FN4O2. The number of benzene rings is 3. The molecule has 0 bridgehead atoms. The fraction of sp³-hybridized carbons (Fsp3) is 0.200. The lowest BCUT2D eigenvalue weighted by atomic mass is 9.97. The van der Waals surface area contributed by atoms with Crippen molar-refractivity contribution >= 4 is 16.6 Å². The fourth-order valence-electron chi connectivity index (χ4n) is 5.45. The molecule has 37 heavy (non-hydrogen) atoms. The third-order valence-corrected chi connectivity index (χ3v) is 7.57. The molecule has 6 nitrogen and oxygen atoms in total. The van der Waals surface area contributed by atoms with Gasteiger partial charge in [-0.1, -0.05) is 42.0 Å². The third kappa shape index (κ3) is 3.23. The molecule has 0 radical (unpaired) electrons. The van der Waals surface area contributed by atoms with E-state index in [1.807, 2.05) is 42.7 Å². The highest BCUT2D eigenvalue weighted by molar-refractivity contribution is 5.99. The summed E-state index contributed by atoms with van der Waals surface area (Å²) in [4.78, 5) is 26.9. The van der Waals surface area contributed by atoms with Crippen LogP contribution >= 0.6 is 0 Å². The normalized spacial score (nSPS) is 14.4.